The van der Waals surface area contributed by atoms with Crippen LogP contribution in [-0.2, 0) is 0 Å². The van der Waals surface area contributed by atoms with Crippen molar-refractivity contribution in [3.63, 3.8) is 0 Å². The van der Waals surface area contributed by atoms with Crippen molar-refractivity contribution in [3.05, 3.63) is 11.8 Å². The molecule has 0 aromatic rings. The number of hydrogen-bond acceptors (Lipinski definition) is 2. The van der Waals surface area contributed by atoms with Crippen LogP contribution in [0.4, 0.5) is 0 Å². The van der Waals surface area contributed by atoms with Gasteiger partial charge in [-0.15, -0.1) is 0 Å². The molecule has 1 aliphatic carbocycles. The summed E-state index contributed by atoms with van der Waals surface area (Å²) < 4.78 is 0. The molecule has 0 radical (unpaired) electrons. The first-order valence-corrected chi connectivity index (χ1v) is 4.72. The highest BCUT2D eigenvalue weighted by atomic mass is 14.6. The van der Waals surface area contributed by atoms with E-state index >= 15 is 0 Å². The summed E-state index contributed by atoms with van der Waals surface area (Å²) in [6.07, 6.45) is 8.07. The fourth-order valence-corrected chi connectivity index (χ4v) is 1.78. The van der Waals surface area contributed by atoms with Crippen molar-refractivity contribution in [3.8, 4) is 0 Å². The molecule has 68 valence electrons. The average molecular weight is 166 g/mol. The molecule has 0 saturated heterocycles. The van der Waals surface area contributed by atoms with Crippen LogP contribution in [0.25, 0.3) is 0 Å². The van der Waals surface area contributed by atoms with Gasteiger partial charge in [0, 0.05) is 17.3 Å². The van der Waals surface area contributed by atoms with Gasteiger partial charge in [0.15, 0.2) is 0 Å². The summed E-state index contributed by atoms with van der Waals surface area (Å²) >= 11 is 0. The van der Waals surface area contributed by atoms with Gasteiger partial charge in [-0.2, -0.15) is 0 Å². The van der Waals surface area contributed by atoms with Crippen LogP contribution in [0.15, 0.2) is 11.8 Å². The summed E-state index contributed by atoms with van der Waals surface area (Å²) in [6, 6.07) is 0. The van der Waals surface area contributed by atoms with E-state index in [-0.39, 0.29) is 0 Å². The van der Waals surface area contributed by atoms with E-state index < -0.39 is 0 Å². The van der Waals surface area contributed by atoms with Crippen molar-refractivity contribution in [2.45, 2.75) is 39.0 Å². The summed E-state index contributed by atoms with van der Waals surface area (Å²) in [6.45, 7) is 1.84. The van der Waals surface area contributed by atoms with Gasteiger partial charge in [0.05, 0.1) is 0 Å². The quantitative estimate of drug-likeness (QED) is 0.608. The Morgan fingerprint density at radius 2 is 1.92 bits per heavy atom. The van der Waals surface area contributed by atoms with Crippen LogP contribution < -0.4 is 5.73 Å². The Morgan fingerprint density at radius 1 is 1.33 bits per heavy atom. The minimum absolute atomic E-state index is 0.484. The minimum atomic E-state index is 0.484. The lowest BCUT2D eigenvalue weighted by atomic mass is 9.85. The first-order valence-electron chi connectivity index (χ1n) is 4.72. The van der Waals surface area contributed by atoms with E-state index in [1.807, 2.05) is 6.92 Å². The molecule has 12 heavy (non-hydrogen) atoms. The molecule has 0 aromatic carbocycles. The molecule has 0 bridgehead atoms. The highest BCUT2D eigenvalue weighted by Gasteiger charge is 2.16. The third-order valence-corrected chi connectivity index (χ3v) is 2.43. The van der Waals surface area contributed by atoms with E-state index in [1.165, 1.54) is 32.1 Å². The van der Waals surface area contributed by atoms with Gasteiger partial charge in [-0.1, -0.05) is 19.3 Å². The lowest BCUT2D eigenvalue weighted by Crippen LogP contribution is -2.15. The molecule has 1 saturated carbocycles. The van der Waals surface area contributed by atoms with Crippen LogP contribution in [0.3, 0.4) is 0 Å². The third kappa shape index (κ3) is 2.68. The van der Waals surface area contributed by atoms with Gasteiger partial charge in [-0.05, 0) is 25.8 Å². The first kappa shape index (κ1) is 9.30. The van der Waals surface area contributed by atoms with Crippen molar-refractivity contribution in [2.75, 3.05) is 0 Å². The van der Waals surface area contributed by atoms with Crippen LogP contribution in [0, 0.1) is 11.3 Å². The summed E-state index contributed by atoms with van der Waals surface area (Å²) in [5.41, 5.74) is 7.01. The van der Waals surface area contributed by atoms with Gasteiger partial charge < -0.3 is 11.1 Å². The third-order valence-electron chi connectivity index (χ3n) is 2.43. The summed E-state index contributed by atoms with van der Waals surface area (Å²) in [7, 11) is 0. The molecule has 3 N–H and O–H groups in total. The summed E-state index contributed by atoms with van der Waals surface area (Å²) in [5, 5.41) is 7.76. The van der Waals surface area contributed by atoms with E-state index in [1.54, 1.807) is 6.08 Å². The van der Waals surface area contributed by atoms with Gasteiger partial charge in [0.2, 0.25) is 0 Å². The van der Waals surface area contributed by atoms with E-state index in [9.17, 15) is 0 Å². The van der Waals surface area contributed by atoms with Gasteiger partial charge in [-0.3, -0.25) is 0 Å². The largest absolute Gasteiger partial charge is 0.402 e. The number of hydrogen-bond donors (Lipinski definition) is 2. The fraction of sp³-hybridized carbons (Fsp3) is 0.700. The maximum absolute atomic E-state index is 7.76. The smallest absolute Gasteiger partial charge is 0.0361 e. The van der Waals surface area contributed by atoms with Crippen LogP contribution in [0.2, 0.25) is 0 Å². The monoisotopic (exact) mass is 166 g/mol. The Kier molecular flexibility index (Phi) is 3.32. The number of allylic oxidation sites excluding steroid dienone is 2. The van der Waals surface area contributed by atoms with Crippen molar-refractivity contribution in [1.29, 1.82) is 5.41 Å². The predicted octanol–water partition coefficient (Wildman–Crippen LogP) is 2.45. The second-order valence-electron chi connectivity index (χ2n) is 3.68. The fourth-order valence-electron chi connectivity index (χ4n) is 1.78. The molecule has 0 heterocycles. The molecule has 2 heteroatoms. The zero-order chi connectivity index (χ0) is 8.97. The zero-order valence-corrected chi connectivity index (χ0v) is 7.77. The molecule has 1 aliphatic rings. The van der Waals surface area contributed by atoms with Crippen LogP contribution in [0.1, 0.15) is 39.0 Å². The van der Waals surface area contributed by atoms with E-state index in [2.05, 4.69) is 0 Å². The Morgan fingerprint density at radius 3 is 2.42 bits per heavy atom. The second kappa shape index (κ2) is 4.29. The number of nitrogens with two attached hydrogens (primary N) is 1. The number of rotatable bonds is 2. The van der Waals surface area contributed by atoms with E-state index in [4.69, 9.17) is 11.1 Å². The van der Waals surface area contributed by atoms with Crippen molar-refractivity contribution in [2.24, 2.45) is 11.7 Å². The maximum atomic E-state index is 7.76. The normalized spacial score (nSPS) is 20.9. The lowest BCUT2D eigenvalue weighted by molar-refractivity contribution is 0.439. The Labute approximate surface area is 74.4 Å². The van der Waals surface area contributed by atoms with Crippen LogP contribution >= 0.6 is 0 Å². The Hall–Kier alpha value is -0.790. The Bertz CT molecular complexity index is 184. The van der Waals surface area contributed by atoms with Gasteiger partial charge in [0.25, 0.3) is 0 Å². The molecule has 2 nitrogen and oxygen atoms in total. The summed E-state index contributed by atoms with van der Waals surface area (Å²) in [4.78, 5) is 0. The topological polar surface area (TPSA) is 49.9 Å². The maximum Gasteiger partial charge on any atom is 0.0361 e. The SMILES string of the molecule is C/C(N)=C/C(=N)C1CCCCC1. The first-order chi connectivity index (χ1) is 5.70. The molecule has 0 aliphatic heterocycles. The number of nitrogens with one attached hydrogen (secondary N) is 1. The van der Waals surface area contributed by atoms with Crippen molar-refractivity contribution < 1.29 is 0 Å². The molecule has 0 atom stereocenters. The highest BCUT2D eigenvalue weighted by molar-refractivity contribution is 5.94. The van der Waals surface area contributed by atoms with Gasteiger partial charge in [-0.25, -0.2) is 0 Å². The molecule has 1 rings (SSSR count). The van der Waals surface area contributed by atoms with E-state index in [0.29, 0.717) is 5.92 Å². The second-order valence-corrected chi connectivity index (χ2v) is 3.68. The molecular formula is C10H18N2. The highest BCUT2D eigenvalue weighted by Crippen LogP contribution is 2.24. The average Bonchev–Trinajstić information content (AvgIpc) is 2.05. The molecule has 0 unspecified atom stereocenters. The lowest BCUT2D eigenvalue weighted by Gasteiger charge is -2.20. The summed E-state index contributed by atoms with van der Waals surface area (Å²) in [5.74, 6) is 0.484. The standard InChI is InChI=1S/C10H18N2/c1-8(11)7-10(12)9-5-3-2-4-6-9/h7,9,12H,2-6,11H2,1H3/b8-7-,12-10?. The predicted molar refractivity (Wildman–Crippen MR) is 52.2 cm³/mol. The Balaban J connectivity index is 2.45. The minimum Gasteiger partial charge on any atom is -0.402 e. The molecule has 0 aromatic heterocycles. The van der Waals surface area contributed by atoms with Crippen molar-refractivity contribution >= 4 is 5.71 Å². The zero-order valence-electron chi connectivity index (χ0n) is 7.77. The van der Waals surface area contributed by atoms with Gasteiger partial charge in [0.1, 0.15) is 0 Å². The van der Waals surface area contributed by atoms with Crippen molar-refractivity contribution in [1.82, 2.24) is 0 Å². The molecule has 0 spiro atoms. The van der Waals surface area contributed by atoms with E-state index in [0.717, 1.165) is 11.4 Å². The van der Waals surface area contributed by atoms with Crippen LogP contribution in [0.5, 0.6) is 0 Å². The molecule has 1 fully saturated rings. The van der Waals surface area contributed by atoms with Gasteiger partial charge >= 0.3 is 0 Å². The molecule has 0 amide bonds. The molecular weight excluding hydrogens is 148 g/mol. The van der Waals surface area contributed by atoms with Crippen LogP contribution in [-0.4, -0.2) is 5.71 Å².